The third-order valence-electron chi connectivity index (χ3n) is 3.66. The van der Waals surface area contributed by atoms with Crippen molar-refractivity contribution in [3.05, 3.63) is 59.3 Å². The summed E-state index contributed by atoms with van der Waals surface area (Å²) in [7, 11) is 1.85. The van der Waals surface area contributed by atoms with E-state index < -0.39 is 0 Å². The van der Waals surface area contributed by atoms with Crippen LogP contribution in [-0.2, 0) is 13.6 Å². The molecule has 21 heavy (non-hydrogen) atoms. The van der Waals surface area contributed by atoms with Crippen LogP contribution in [0.15, 0.2) is 42.5 Å². The Kier molecular flexibility index (Phi) is 3.33. The molecule has 1 N–H and O–H groups in total. The number of nitrogens with one attached hydrogen (secondary N) is 1. The molecule has 0 aliphatic rings. The highest BCUT2D eigenvalue weighted by Gasteiger charge is 2.12. The van der Waals surface area contributed by atoms with Crippen molar-refractivity contribution in [1.29, 1.82) is 5.26 Å². The maximum atomic E-state index is 9.24. The lowest BCUT2D eigenvalue weighted by atomic mass is 10.0. The second kappa shape index (κ2) is 5.29. The van der Waals surface area contributed by atoms with E-state index in [1.165, 1.54) is 16.3 Å². The van der Waals surface area contributed by atoms with Gasteiger partial charge in [0.1, 0.15) is 17.5 Å². The van der Waals surface area contributed by atoms with Gasteiger partial charge in [0.05, 0.1) is 5.69 Å². The Morgan fingerprint density at radius 3 is 2.76 bits per heavy atom. The molecule has 0 fully saturated rings. The molecule has 0 bridgehead atoms. The average Bonchev–Trinajstić information content (AvgIpc) is 2.78. The molecule has 1 heterocycles. The lowest BCUT2D eigenvalue weighted by molar-refractivity contribution is 0.758. The van der Waals surface area contributed by atoms with Gasteiger partial charge in [-0.3, -0.25) is 4.68 Å². The van der Waals surface area contributed by atoms with Gasteiger partial charge in [-0.2, -0.15) is 10.4 Å². The lowest BCUT2D eigenvalue weighted by Gasteiger charge is -2.10. The molecule has 0 radical (unpaired) electrons. The van der Waals surface area contributed by atoms with Gasteiger partial charge in [0, 0.05) is 13.6 Å². The zero-order valence-electron chi connectivity index (χ0n) is 12.1. The molecule has 2 aromatic carbocycles. The van der Waals surface area contributed by atoms with E-state index in [1.54, 1.807) is 4.68 Å². The van der Waals surface area contributed by atoms with Crippen molar-refractivity contribution in [3.8, 4) is 6.07 Å². The summed E-state index contributed by atoms with van der Waals surface area (Å²) in [6, 6.07) is 16.8. The Morgan fingerprint density at radius 2 is 1.95 bits per heavy atom. The second-order valence-corrected chi connectivity index (χ2v) is 5.04. The summed E-state index contributed by atoms with van der Waals surface area (Å²) < 4.78 is 1.72. The van der Waals surface area contributed by atoms with Crippen LogP contribution >= 0.6 is 0 Å². The number of benzene rings is 2. The Bertz CT molecular complexity index is 834. The SMILES string of the molecule is Cc1nn(C)c(NCc2cccc3ccccc23)c1C#N. The Hall–Kier alpha value is -2.80. The zero-order valence-corrected chi connectivity index (χ0v) is 12.1. The third kappa shape index (κ3) is 2.34. The van der Waals surface area contributed by atoms with Crippen LogP contribution in [0.2, 0.25) is 0 Å². The largest absolute Gasteiger partial charge is 0.365 e. The molecule has 4 nitrogen and oxygen atoms in total. The highest BCUT2D eigenvalue weighted by atomic mass is 15.3. The van der Waals surface area contributed by atoms with E-state index in [9.17, 15) is 5.26 Å². The molecule has 0 saturated heterocycles. The fourth-order valence-corrected chi connectivity index (χ4v) is 2.62. The number of anilines is 1. The van der Waals surface area contributed by atoms with Gasteiger partial charge in [-0.1, -0.05) is 42.5 Å². The Balaban J connectivity index is 1.93. The molecule has 0 aliphatic heterocycles. The van der Waals surface area contributed by atoms with Gasteiger partial charge in [0.2, 0.25) is 0 Å². The number of aryl methyl sites for hydroxylation is 2. The monoisotopic (exact) mass is 276 g/mol. The molecule has 1 aromatic heterocycles. The van der Waals surface area contributed by atoms with Crippen LogP contribution < -0.4 is 5.32 Å². The summed E-state index contributed by atoms with van der Waals surface area (Å²) in [5, 5.41) is 19.3. The molecule has 104 valence electrons. The first-order valence-electron chi connectivity index (χ1n) is 6.85. The molecule has 0 aliphatic carbocycles. The standard InChI is InChI=1S/C17H16N4/c1-12-16(10-18)17(21(2)20-12)19-11-14-8-5-7-13-6-3-4-9-15(13)14/h3-9,19H,11H2,1-2H3. The van der Waals surface area contributed by atoms with Crippen LogP contribution in [0.4, 0.5) is 5.82 Å². The van der Waals surface area contributed by atoms with Gasteiger partial charge < -0.3 is 5.32 Å². The Morgan fingerprint density at radius 1 is 1.19 bits per heavy atom. The van der Waals surface area contributed by atoms with E-state index in [0.717, 1.165) is 11.5 Å². The first-order chi connectivity index (χ1) is 10.2. The van der Waals surface area contributed by atoms with E-state index in [0.29, 0.717) is 12.1 Å². The summed E-state index contributed by atoms with van der Waals surface area (Å²) in [5.74, 6) is 0.767. The highest BCUT2D eigenvalue weighted by molar-refractivity contribution is 5.85. The van der Waals surface area contributed by atoms with Gasteiger partial charge in [-0.15, -0.1) is 0 Å². The number of hydrogen-bond acceptors (Lipinski definition) is 3. The van der Waals surface area contributed by atoms with Crippen LogP contribution in [0.5, 0.6) is 0 Å². The van der Waals surface area contributed by atoms with Crippen LogP contribution in [-0.4, -0.2) is 9.78 Å². The maximum Gasteiger partial charge on any atom is 0.142 e. The van der Waals surface area contributed by atoms with Crippen molar-refractivity contribution in [1.82, 2.24) is 9.78 Å². The van der Waals surface area contributed by atoms with Crippen LogP contribution in [0.25, 0.3) is 10.8 Å². The summed E-state index contributed by atoms with van der Waals surface area (Å²) in [5.41, 5.74) is 2.56. The number of nitrogens with zero attached hydrogens (tertiary/aromatic N) is 3. The first-order valence-corrected chi connectivity index (χ1v) is 6.85. The molecular formula is C17H16N4. The number of nitriles is 1. The fourth-order valence-electron chi connectivity index (χ4n) is 2.62. The van der Waals surface area contributed by atoms with Gasteiger partial charge in [0.15, 0.2) is 0 Å². The minimum atomic E-state index is 0.609. The number of aromatic nitrogens is 2. The smallest absolute Gasteiger partial charge is 0.142 e. The van der Waals surface area contributed by atoms with Crippen molar-refractivity contribution < 1.29 is 0 Å². The van der Waals surface area contributed by atoms with Crippen LogP contribution in [0.1, 0.15) is 16.8 Å². The van der Waals surface area contributed by atoms with Gasteiger partial charge >= 0.3 is 0 Å². The van der Waals surface area contributed by atoms with Crippen LogP contribution in [0, 0.1) is 18.3 Å². The average molecular weight is 276 g/mol. The second-order valence-electron chi connectivity index (χ2n) is 5.04. The van der Waals surface area contributed by atoms with E-state index in [1.807, 2.05) is 26.1 Å². The number of hydrogen-bond donors (Lipinski definition) is 1. The van der Waals surface area contributed by atoms with Crippen molar-refractivity contribution in [3.63, 3.8) is 0 Å². The summed E-state index contributed by atoms with van der Waals surface area (Å²) in [6.45, 7) is 2.51. The van der Waals surface area contributed by atoms with Crippen LogP contribution in [0.3, 0.4) is 0 Å². The molecule has 0 saturated carbocycles. The van der Waals surface area contributed by atoms with E-state index in [2.05, 4.69) is 46.8 Å². The van der Waals surface area contributed by atoms with E-state index in [-0.39, 0.29) is 0 Å². The number of rotatable bonds is 3. The molecule has 0 spiro atoms. The molecule has 0 amide bonds. The summed E-state index contributed by atoms with van der Waals surface area (Å²) >= 11 is 0. The first kappa shape index (κ1) is 13.2. The molecule has 0 unspecified atom stereocenters. The fraction of sp³-hybridized carbons (Fsp3) is 0.176. The van der Waals surface area contributed by atoms with Crippen molar-refractivity contribution in [2.24, 2.45) is 7.05 Å². The van der Waals surface area contributed by atoms with Crippen molar-refractivity contribution in [2.75, 3.05) is 5.32 Å². The minimum Gasteiger partial charge on any atom is -0.365 e. The van der Waals surface area contributed by atoms with Crippen molar-refractivity contribution in [2.45, 2.75) is 13.5 Å². The predicted octanol–water partition coefficient (Wildman–Crippen LogP) is 3.37. The molecule has 0 atom stereocenters. The third-order valence-corrected chi connectivity index (χ3v) is 3.66. The number of fused-ring (bicyclic) bond motifs is 1. The predicted molar refractivity (Wildman–Crippen MR) is 83.9 cm³/mol. The molecule has 4 heteroatoms. The zero-order chi connectivity index (χ0) is 14.8. The topological polar surface area (TPSA) is 53.6 Å². The summed E-state index contributed by atoms with van der Waals surface area (Å²) in [6.07, 6.45) is 0. The van der Waals surface area contributed by atoms with Gasteiger partial charge in [-0.25, -0.2) is 0 Å². The molecule has 3 aromatic rings. The molecule has 3 rings (SSSR count). The highest BCUT2D eigenvalue weighted by Crippen LogP contribution is 2.22. The quantitative estimate of drug-likeness (QED) is 0.798. The van der Waals surface area contributed by atoms with Crippen molar-refractivity contribution >= 4 is 16.6 Å². The molecular weight excluding hydrogens is 260 g/mol. The van der Waals surface area contributed by atoms with E-state index >= 15 is 0 Å². The maximum absolute atomic E-state index is 9.24. The minimum absolute atomic E-state index is 0.609. The Labute approximate surface area is 123 Å². The lowest BCUT2D eigenvalue weighted by Crippen LogP contribution is -2.06. The van der Waals surface area contributed by atoms with Gasteiger partial charge in [0.25, 0.3) is 0 Å². The van der Waals surface area contributed by atoms with E-state index in [4.69, 9.17) is 0 Å². The summed E-state index contributed by atoms with van der Waals surface area (Å²) in [4.78, 5) is 0. The normalized spacial score (nSPS) is 10.5. The van der Waals surface area contributed by atoms with Gasteiger partial charge in [-0.05, 0) is 23.3 Å².